The monoisotopic (exact) mass is 229 g/mol. The topological polar surface area (TPSA) is 20.2 Å². The number of aliphatic hydroxyl groups is 1. The Hall–Kier alpha value is -0.570. The van der Waals surface area contributed by atoms with E-state index < -0.39 is 0 Å². The highest BCUT2D eigenvalue weighted by Crippen LogP contribution is 2.09. The molecule has 0 aliphatic heterocycles. The second kappa shape index (κ2) is 6.83. The molecule has 0 fully saturated rings. The molecule has 2 nitrogen and oxygen atoms in total. The molecule has 0 amide bonds. The number of rotatable bonds is 5. The molecule has 0 saturated carbocycles. The summed E-state index contributed by atoms with van der Waals surface area (Å²) in [5, 5.41) is 8.79. The van der Waals surface area contributed by atoms with Crippen LogP contribution < -0.4 is 12.4 Å². The van der Waals surface area contributed by atoms with Gasteiger partial charge in [0.25, 0.3) is 0 Å². The number of quaternary nitrogens is 1. The summed E-state index contributed by atoms with van der Waals surface area (Å²) >= 11 is 0. The quantitative estimate of drug-likeness (QED) is 0.620. The minimum atomic E-state index is 0. The molecule has 0 aliphatic rings. The average Bonchev–Trinajstić information content (AvgIpc) is 2.16. The second-order valence-electron chi connectivity index (χ2n) is 4.38. The number of hydrogen-bond acceptors (Lipinski definition) is 1. The van der Waals surface area contributed by atoms with Gasteiger partial charge in [-0.2, -0.15) is 0 Å². The van der Waals surface area contributed by atoms with Gasteiger partial charge in [0.1, 0.15) is 6.54 Å². The zero-order valence-electron chi connectivity index (χ0n) is 9.49. The SMILES string of the molecule is C[N+](C)(CCCO)Cc1ccccc1.[Cl-]. The lowest BCUT2D eigenvalue weighted by atomic mass is 10.2. The molecule has 1 N–H and O–H groups in total. The van der Waals surface area contributed by atoms with Gasteiger partial charge < -0.3 is 22.0 Å². The Morgan fingerprint density at radius 1 is 1.13 bits per heavy atom. The van der Waals surface area contributed by atoms with Gasteiger partial charge in [-0.25, -0.2) is 0 Å². The third-order valence-electron chi connectivity index (χ3n) is 2.37. The minimum absolute atomic E-state index is 0. The Labute approximate surface area is 98.5 Å². The lowest BCUT2D eigenvalue weighted by Gasteiger charge is -2.29. The van der Waals surface area contributed by atoms with Gasteiger partial charge in [-0.15, -0.1) is 0 Å². The van der Waals surface area contributed by atoms with Gasteiger partial charge >= 0.3 is 0 Å². The van der Waals surface area contributed by atoms with E-state index in [0.29, 0.717) is 0 Å². The molecule has 0 unspecified atom stereocenters. The maximum Gasteiger partial charge on any atom is 0.104 e. The highest BCUT2D eigenvalue weighted by Gasteiger charge is 2.14. The molecular formula is C12H20ClNO. The first kappa shape index (κ1) is 14.4. The van der Waals surface area contributed by atoms with Crippen molar-refractivity contribution in [2.75, 3.05) is 27.2 Å². The van der Waals surface area contributed by atoms with Crippen molar-refractivity contribution in [2.45, 2.75) is 13.0 Å². The van der Waals surface area contributed by atoms with E-state index in [-0.39, 0.29) is 19.0 Å². The van der Waals surface area contributed by atoms with Crippen LogP contribution in [0.3, 0.4) is 0 Å². The maximum absolute atomic E-state index is 8.79. The van der Waals surface area contributed by atoms with E-state index in [2.05, 4.69) is 38.4 Å². The first-order valence-corrected chi connectivity index (χ1v) is 5.11. The van der Waals surface area contributed by atoms with Crippen molar-refractivity contribution >= 4 is 0 Å². The molecule has 1 rings (SSSR count). The van der Waals surface area contributed by atoms with Crippen molar-refractivity contribution in [1.82, 2.24) is 0 Å². The van der Waals surface area contributed by atoms with Gasteiger partial charge in [0.15, 0.2) is 0 Å². The molecule has 15 heavy (non-hydrogen) atoms. The fourth-order valence-electron chi connectivity index (χ4n) is 1.66. The van der Waals surface area contributed by atoms with Gasteiger partial charge in [0.05, 0.1) is 20.6 Å². The number of aliphatic hydroxyl groups excluding tert-OH is 1. The summed E-state index contributed by atoms with van der Waals surface area (Å²) in [6.45, 7) is 2.34. The predicted molar refractivity (Wildman–Crippen MR) is 58.8 cm³/mol. The van der Waals surface area contributed by atoms with E-state index in [1.807, 2.05) is 6.07 Å². The Kier molecular flexibility index (Phi) is 6.57. The van der Waals surface area contributed by atoms with Crippen molar-refractivity contribution in [3.63, 3.8) is 0 Å². The number of benzene rings is 1. The summed E-state index contributed by atoms with van der Waals surface area (Å²) < 4.78 is 0.935. The third kappa shape index (κ3) is 5.78. The van der Waals surface area contributed by atoms with Crippen molar-refractivity contribution in [2.24, 2.45) is 0 Å². The summed E-state index contributed by atoms with van der Waals surface area (Å²) in [7, 11) is 4.39. The third-order valence-corrected chi connectivity index (χ3v) is 2.37. The molecule has 1 aromatic carbocycles. The van der Waals surface area contributed by atoms with Gasteiger partial charge in [-0.3, -0.25) is 0 Å². The standard InChI is InChI=1S/C12H20NO.ClH/c1-13(2,9-6-10-14)11-12-7-4-3-5-8-12;/h3-5,7-8,14H,6,9-11H2,1-2H3;1H/q+1;/p-1. The fraction of sp³-hybridized carbons (Fsp3) is 0.500. The zero-order chi connectivity index (χ0) is 10.4. The normalized spacial score (nSPS) is 10.9. The molecule has 3 heteroatoms. The Balaban J connectivity index is 0.00000196. The maximum atomic E-state index is 8.79. The number of nitrogens with zero attached hydrogens (tertiary/aromatic N) is 1. The largest absolute Gasteiger partial charge is 1.00 e. The summed E-state index contributed by atoms with van der Waals surface area (Å²) in [4.78, 5) is 0. The van der Waals surface area contributed by atoms with Crippen molar-refractivity contribution in [3.05, 3.63) is 35.9 Å². The van der Waals surface area contributed by atoms with Gasteiger partial charge in [-0.05, 0) is 0 Å². The minimum Gasteiger partial charge on any atom is -1.00 e. The molecule has 0 spiro atoms. The fourth-order valence-corrected chi connectivity index (χ4v) is 1.66. The average molecular weight is 230 g/mol. The van der Waals surface area contributed by atoms with Crippen LogP contribution in [0.2, 0.25) is 0 Å². The van der Waals surface area contributed by atoms with Crippen LogP contribution in [0, 0.1) is 0 Å². The molecule has 0 bridgehead atoms. The Morgan fingerprint density at radius 3 is 2.27 bits per heavy atom. The molecule has 86 valence electrons. The van der Waals surface area contributed by atoms with E-state index in [1.54, 1.807) is 0 Å². The van der Waals surface area contributed by atoms with Crippen LogP contribution in [0.4, 0.5) is 0 Å². The highest BCUT2D eigenvalue weighted by molar-refractivity contribution is 5.13. The van der Waals surface area contributed by atoms with Crippen molar-refractivity contribution in [3.8, 4) is 0 Å². The molecule has 1 aromatic rings. The Morgan fingerprint density at radius 2 is 1.73 bits per heavy atom. The summed E-state index contributed by atoms with van der Waals surface area (Å²) in [5.41, 5.74) is 1.36. The first-order valence-electron chi connectivity index (χ1n) is 5.11. The van der Waals surface area contributed by atoms with E-state index in [9.17, 15) is 0 Å². The Bertz CT molecular complexity index is 262. The molecule has 0 atom stereocenters. The van der Waals surface area contributed by atoms with Gasteiger partial charge in [-0.1, -0.05) is 30.3 Å². The molecule has 0 aromatic heterocycles. The van der Waals surface area contributed by atoms with E-state index in [4.69, 9.17) is 5.11 Å². The molecule has 0 radical (unpaired) electrons. The molecular weight excluding hydrogens is 210 g/mol. The number of hydrogen-bond donors (Lipinski definition) is 1. The van der Waals surface area contributed by atoms with Crippen LogP contribution in [0.15, 0.2) is 30.3 Å². The summed E-state index contributed by atoms with van der Waals surface area (Å²) in [5.74, 6) is 0. The summed E-state index contributed by atoms with van der Waals surface area (Å²) in [6.07, 6.45) is 0.875. The lowest BCUT2D eigenvalue weighted by Crippen LogP contribution is -3.00. The van der Waals surface area contributed by atoms with Crippen LogP contribution in [-0.4, -0.2) is 36.8 Å². The van der Waals surface area contributed by atoms with E-state index >= 15 is 0 Å². The van der Waals surface area contributed by atoms with Crippen molar-refractivity contribution < 1.29 is 22.0 Å². The van der Waals surface area contributed by atoms with Crippen molar-refractivity contribution in [1.29, 1.82) is 0 Å². The van der Waals surface area contributed by atoms with E-state index in [0.717, 1.165) is 24.0 Å². The van der Waals surface area contributed by atoms with Crippen LogP contribution in [-0.2, 0) is 6.54 Å². The van der Waals surface area contributed by atoms with Crippen LogP contribution in [0.5, 0.6) is 0 Å². The summed E-state index contributed by atoms with van der Waals surface area (Å²) in [6, 6.07) is 10.5. The van der Waals surface area contributed by atoms with E-state index in [1.165, 1.54) is 5.56 Å². The predicted octanol–water partition coefficient (Wildman–Crippen LogP) is -1.35. The molecule has 0 saturated heterocycles. The highest BCUT2D eigenvalue weighted by atomic mass is 35.5. The zero-order valence-corrected chi connectivity index (χ0v) is 10.2. The number of halogens is 1. The van der Waals surface area contributed by atoms with Crippen LogP contribution in [0.1, 0.15) is 12.0 Å². The molecule has 0 heterocycles. The lowest BCUT2D eigenvalue weighted by molar-refractivity contribution is -0.903. The van der Waals surface area contributed by atoms with Crippen LogP contribution >= 0.6 is 0 Å². The smallest absolute Gasteiger partial charge is 0.104 e. The van der Waals surface area contributed by atoms with Crippen LogP contribution in [0.25, 0.3) is 0 Å². The van der Waals surface area contributed by atoms with Gasteiger partial charge in [0.2, 0.25) is 0 Å². The molecule has 0 aliphatic carbocycles. The van der Waals surface area contributed by atoms with Gasteiger partial charge in [0, 0.05) is 18.6 Å². The first-order chi connectivity index (χ1) is 6.64. The second-order valence-corrected chi connectivity index (χ2v) is 4.38.